The van der Waals surface area contributed by atoms with Gasteiger partial charge in [0, 0.05) is 5.56 Å². The summed E-state index contributed by atoms with van der Waals surface area (Å²) in [6, 6.07) is 9.95. The Hall–Kier alpha value is -1.35. The first-order valence-electron chi connectivity index (χ1n) is 3.88. The molecule has 0 unspecified atom stereocenters. The van der Waals surface area contributed by atoms with Crippen molar-refractivity contribution in [2.45, 2.75) is 0 Å². The number of aromatic nitrogens is 1. The van der Waals surface area contributed by atoms with E-state index >= 15 is 0 Å². The summed E-state index contributed by atoms with van der Waals surface area (Å²) in [7, 11) is 1.65. The highest BCUT2D eigenvalue weighted by molar-refractivity contribution is 7.11. The van der Waals surface area contributed by atoms with Crippen LogP contribution in [0.25, 0.3) is 11.3 Å². The molecule has 13 heavy (non-hydrogen) atoms. The smallest absolute Gasteiger partial charge is 0.202 e. The van der Waals surface area contributed by atoms with Crippen LogP contribution in [0, 0.1) is 5.51 Å². The summed E-state index contributed by atoms with van der Waals surface area (Å²) in [5.41, 5.74) is 4.75. The predicted octanol–water partition coefficient (Wildman–Crippen LogP) is 2.62. The Morgan fingerprint density at radius 3 is 2.77 bits per heavy atom. The van der Waals surface area contributed by atoms with Crippen LogP contribution < -0.4 is 4.74 Å². The molecule has 1 aromatic heterocycles. The molecule has 0 aliphatic rings. The molecule has 0 amide bonds. The van der Waals surface area contributed by atoms with Crippen molar-refractivity contribution in [2.24, 2.45) is 0 Å². The summed E-state index contributed by atoms with van der Waals surface area (Å²) in [5.74, 6) is 0. The lowest BCUT2D eigenvalue weighted by Gasteiger charge is -1.99. The van der Waals surface area contributed by atoms with Crippen LogP contribution in [0.2, 0.25) is 0 Å². The summed E-state index contributed by atoms with van der Waals surface area (Å²) in [4.78, 5) is 4.13. The molecule has 3 heteroatoms. The van der Waals surface area contributed by atoms with Crippen molar-refractivity contribution in [3.05, 3.63) is 35.8 Å². The van der Waals surface area contributed by atoms with Crippen LogP contribution in [0.4, 0.5) is 0 Å². The van der Waals surface area contributed by atoms with Gasteiger partial charge in [-0.05, 0) is 0 Å². The summed E-state index contributed by atoms with van der Waals surface area (Å²) in [5, 5.41) is 0.811. The van der Waals surface area contributed by atoms with Crippen LogP contribution in [-0.2, 0) is 0 Å². The largest absolute Gasteiger partial charge is 0.486 e. The van der Waals surface area contributed by atoms with E-state index in [-0.39, 0.29) is 0 Å². The Labute approximate surface area is 80.8 Å². The van der Waals surface area contributed by atoms with E-state index in [0.29, 0.717) is 0 Å². The topological polar surface area (TPSA) is 22.1 Å². The molecular formula is C10H8NOS. The number of hydrogen-bond acceptors (Lipinski definition) is 3. The van der Waals surface area contributed by atoms with Crippen LogP contribution in [0.3, 0.4) is 0 Å². The quantitative estimate of drug-likeness (QED) is 0.726. The standard InChI is InChI=1S/C10H8NOS/c1-12-10-9(11-7-13-10)8-5-3-2-4-6-8/h2-6H,1H3. The van der Waals surface area contributed by atoms with Crippen molar-refractivity contribution in [1.82, 2.24) is 4.98 Å². The summed E-state index contributed by atoms with van der Waals surface area (Å²) >= 11 is 1.39. The van der Waals surface area contributed by atoms with Crippen LogP contribution in [0.1, 0.15) is 0 Å². The first-order chi connectivity index (χ1) is 6.42. The number of methoxy groups -OCH3 is 1. The molecule has 1 radical (unpaired) electrons. The molecule has 0 spiro atoms. The van der Waals surface area contributed by atoms with Gasteiger partial charge >= 0.3 is 0 Å². The molecule has 2 nitrogen and oxygen atoms in total. The highest BCUT2D eigenvalue weighted by Crippen LogP contribution is 2.31. The van der Waals surface area contributed by atoms with E-state index in [0.717, 1.165) is 16.3 Å². The molecule has 65 valence electrons. The fraction of sp³-hybridized carbons (Fsp3) is 0.100. The lowest BCUT2D eigenvalue weighted by Crippen LogP contribution is -1.83. The second-order valence-electron chi connectivity index (χ2n) is 2.51. The highest BCUT2D eigenvalue weighted by atomic mass is 32.1. The van der Waals surface area contributed by atoms with E-state index in [1.54, 1.807) is 7.11 Å². The van der Waals surface area contributed by atoms with E-state index in [2.05, 4.69) is 10.5 Å². The van der Waals surface area contributed by atoms with Crippen molar-refractivity contribution in [1.29, 1.82) is 0 Å². The third-order valence-corrected chi connectivity index (χ3v) is 2.45. The predicted molar refractivity (Wildman–Crippen MR) is 52.9 cm³/mol. The minimum absolute atomic E-state index is 0.811. The van der Waals surface area contributed by atoms with E-state index in [1.165, 1.54) is 11.3 Å². The number of rotatable bonds is 2. The molecule has 2 rings (SSSR count). The van der Waals surface area contributed by atoms with E-state index in [1.807, 2.05) is 30.3 Å². The molecule has 0 aliphatic carbocycles. The molecule has 0 aliphatic heterocycles. The van der Waals surface area contributed by atoms with Gasteiger partial charge in [-0.25, -0.2) is 4.98 Å². The molecule has 1 heterocycles. The normalized spacial score (nSPS) is 9.92. The zero-order valence-corrected chi connectivity index (χ0v) is 7.97. The Bertz CT molecular complexity index is 383. The van der Waals surface area contributed by atoms with Crippen LogP contribution >= 0.6 is 11.3 Å². The Kier molecular flexibility index (Phi) is 2.27. The molecular weight excluding hydrogens is 182 g/mol. The summed E-state index contributed by atoms with van der Waals surface area (Å²) < 4.78 is 5.16. The molecule has 0 saturated heterocycles. The SMILES string of the molecule is COc1s[c]nc1-c1ccccc1. The monoisotopic (exact) mass is 190 g/mol. The Morgan fingerprint density at radius 1 is 1.31 bits per heavy atom. The van der Waals surface area contributed by atoms with Crippen molar-refractivity contribution in [3.63, 3.8) is 0 Å². The van der Waals surface area contributed by atoms with Crippen molar-refractivity contribution < 1.29 is 4.74 Å². The minimum Gasteiger partial charge on any atom is -0.486 e. The van der Waals surface area contributed by atoms with Gasteiger partial charge in [0.25, 0.3) is 0 Å². The maximum Gasteiger partial charge on any atom is 0.202 e. The van der Waals surface area contributed by atoms with Gasteiger partial charge in [-0.3, -0.25) is 0 Å². The number of hydrogen-bond donors (Lipinski definition) is 0. The lowest BCUT2D eigenvalue weighted by molar-refractivity contribution is 0.428. The zero-order chi connectivity index (χ0) is 9.10. The maximum atomic E-state index is 5.16. The maximum absolute atomic E-state index is 5.16. The third-order valence-electron chi connectivity index (χ3n) is 1.72. The first-order valence-corrected chi connectivity index (χ1v) is 4.70. The number of thiazole rings is 1. The van der Waals surface area contributed by atoms with Crippen LogP contribution in [0.15, 0.2) is 30.3 Å². The molecule has 0 N–H and O–H groups in total. The fourth-order valence-corrected chi connectivity index (χ4v) is 1.68. The third kappa shape index (κ3) is 1.55. The van der Waals surface area contributed by atoms with E-state index < -0.39 is 0 Å². The molecule has 0 bridgehead atoms. The Balaban J connectivity index is 2.47. The van der Waals surface area contributed by atoms with E-state index in [4.69, 9.17) is 4.74 Å². The molecule has 2 aromatic rings. The van der Waals surface area contributed by atoms with Crippen molar-refractivity contribution >= 4 is 11.3 Å². The minimum atomic E-state index is 0.811. The fourth-order valence-electron chi connectivity index (χ4n) is 1.12. The van der Waals surface area contributed by atoms with Gasteiger partial charge in [0.2, 0.25) is 5.06 Å². The zero-order valence-electron chi connectivity index (χ0n) is 7.15. The van der Waals surface area contributed by atoms with Gasteiger partial charge in [0.1, 0.15) is 5.69 Å². The second-order valence-corrected chi connectivity index (χ2v) is 3.27. The van der Waals surface area contributed by atoms with Gasteiger partial charge < -0.3 is 4.74 Å². The lowest BCUT2D eigenvalue weighted by atomic mass is 10.2. The average Bonchev–Trinajstić information content (AvgIpc) is 2.67. The van der Waals surface area contributed by atoms with Crippen molar-refractivity contribution in [3.8, 4) is 16.3 Å². The molecule has 1 aromatic carbocycles. The summed E-state index contributed by atoms with van der Waals surface area (Å²) in [6.45, 7) is 0. The van der Waals surface area contributed by atoms with Crippen LogP contribution in [0.5, 0.6) is 5.06 Å². The van der Waals surface area contributed by atoms with Crippen molar-refractivity contribution in [2.75, 3.05) is 7.11 Å². The highest BCUT2D eigenvalue weighted by Gasteiger charge is 2.07. The van der Waals surface area contributed by atoms with E-state index in [9.17, 15) is 0 Å². The number of nitrogens with zero attached hydrogens (tertiary/aromatic N) is 1. The molecule has 0 fully saturated rings. The first kappa shape index (κ1) is 8.26. The molecule has 0 atom stereocenters. The molecule has 0 saturated carbocycles. The van der Waals surface area contributed by atoms with Crippen LogP contribution in [-0.4, -0.2) is 12.1 Å². The van der Waals surface area contributed by atoms with Gasteiger partial charge in [-0.15, -0.1) is 0 Å². The van der Waals surface area contributed by atoms with Gasteiger partial charge in [-0.1, -0.05) is 41.7 Å². The van der Waals surface area contributed by atoms with Gasteiger partial charge in [0.05, 0.1) is 7.11 Å². The number of ether oxygens (including phenoxy) is 1. The Morgan fingerprint density at radius 2 is 2.08 bits per heavy atom. The summed E-state index contributed by atoms with van der Waals surface area (Å²) in [6.07, 6.45) is 0. The van der Waals surface area contributed by atoms with Gasteiger partial charge in [-0.2, -0.15) is 0 Å². The number of benzene rings is 1. The average molecular weight is 190 g/mol. The van der Waals surface area contributed by atoms with Gasteiger partial charge in [0.15, 0.2) is 5.51 Å². The second kappa shape index (κ2) is 3.58.